The molecule has 1 aromatic heterocycles. The van der Waals surface area contributed by atoms with Crippen LogP contribution in [0.2, 0.25) is 5.02 Å². The lowest BCUT2D eigenvalue weighted by Gasteiger charge is -2.09. The molecule has 0 aliphatic carbocycles. The van der Waals surface area contributed by atoms with Gasteiger partial charge in [0.05, 0.1) is 16.5 Å². The summed E-state index contributed by atoms with van der Waals surface area (Å²) in [4.78, 5) is 16.0. The topological polar surface area (TPSA) is 43.1 Å². The van der Waals surface area contributed by atoms with Crippen molar-refractivity contribution in [2.75, 3.05) is 0 Å². The molecule has 0 saturated heterocycles. The van der Waals surface area contributed by atoms with Crippen molar-refractivity contribution < 1.29 is 17.6 Å². The van der Waals surface area contributed by atoms with Gasteiger partial charge in [-0.25, -0.2) is 9.78 Å². The Balaban J connectivity index is 2.27. The SMILES string of the molecule is O=c1oc(-c2ccc(Cl)cc2)nc2cccc(C(F)(F)F)c12. The van der Waals surface area contributed by atoms with Crippen molar-refractivity contribution in [1.29, 1.82) is 0 Å². The fraction of sp³-hybridized carbons (Fsp3) is 0.0667. The fourth-order valence-corrected chi connectivity index (χ4v) is 2.20. The average molecular weight is 326 g/mol. The smallest absolute Gasteiger partial charge is 0.403 e. The van der Waals surface area contributed by atoms with Gasteiger partial charge in [0.2, 0.25) is 5.89 Å². The number of nitrogens with zero attached hydrogens (tertiary/aromatic N) is 1. The molecule has 0 amide bonds. The van der Waals surface area contributed by atoms with Gasteiger partial charge >= 0.3 is 11.8 Å². The van der Waals surface area contributed by atoms with Crippen LogP contribution in [0, 0.1) is 0 Å². The van der Waals surface area contributed by atoms with Crippen molar-refractivity contribution >= 4 is 22.5 Å². The highest BCUT2D eigenvalue weighted by molar-refractivity contribution is 6.30. The van der Waals surface area contributed by atoms with Gasteiger partial charge in [-0.1, -0.05) is 17.7 Å². The van der Waals surface area contributed by atoms with Crippen LogP contribution in [0.5, 0.6) is 0 Å². The molecular formula is C15H7ClF3NO2. The third-order valence-electron chi connectivity index (χ3n) is 3.05. The van der Waals surface area contributed by atoms with E-state index in [2.05, 4.69) is 4.98 Å². The number of rotatable bonds is 1. The first-order valence-corrected chi connectivity index (χ1v) is 6.51. The molecule has 0 atom stereocenters. The summed E-state index contributed by atoms with van der Waals surface area (Å²) in [5, 5.41) is -0.0982. The van der Waals surface area contributed by atoms with Gasteiger partial charge in [-0.15, -0.1) is 0 Å². The minimum absolute atomic E-state index is 0.0616. The van der Waals surface area contributed by atoms with E-state index in [0.29, 0.717) is 10.6 Å². The second kappa shape index (κ2) is 5.14. The van der Waals surface area contributed by atoms with Gasteiger partial charge in [-0.2, -0.15) is 13.2 Å². The van der Waals surface area contributed by atoms with Crippen LogP contribution in [0.4, 0.5) is 13.2 Å². The molecule has 0 radical (unpaired) electrons. The predicted octanol–water partition coefficient (Wildman–Crippen LogP) is 4.53. The molecule has 0 spiro atoms. The Labute approximate surface area is 127 Å². The van der Waals surface area contributed by atoms with E-state index >= 15 is 0 Å². The van der Waals surface area contributed by atoms with Crippen LogP contribution in [0.1, 0.15) is 5.56 Å². The molecule has 3 aromatic rings. The second-order valence-electron chi connectivity index (χ2n) is 4.51. The molecule has 0 fully saturated rings. The maximum Gasteiger partial charge on any atom is 0.417 e. The maximum absolute atomic E-state index is 12.9. The van der Waals surface area contributed by atoms with E-state index in [1.54, 1.807) is 24.3 Å². The lowest BCUT2D eigenvalue weighted by molar-refractivity contribution is -0.136. The number of benzene rings is 2. The van der Waals surface area contributed by atoms with E-state index in [4.69, 9.17) is 16.0 Å². The highest BCUT2D eigenvalue weighted by atomic mass is 35.5. The average Bonchev–Trinajstić information content (AvgIpc) is 2.46. The van der Waals surface area contributed by atoms with Crippen molar-refractivity contribution in [2.24, 2.45) is 0 Å². The summed E-state index contributed by atoms with van der Waals surface area (Å²) >= 11 is 5.76. The first-order valence-electron chi connectivity index (χ1n) is 6.13. The molecule has 1 heterocycles. The van der Waals surface area contributed by atoms with Crippen LogP contribution in [0.15, 0.2) is 51.7 Å². The van der Waals surface area contributed by atoms with E-state index in [9.17, 15) is 18.0 Å². The van der Waals surface area contributed by atoms with E-state index in [0.717, 1.165) is 6.07 Å². The van der Waals surface area contributed by atoms with Crippen LogP contribution in [0.25, 0.3) is 22.4 Å². The van der Waals surface area contributed by atoms with Crippen LogP contribution >= 0.6 is 11.6 Å². The van der Waals surface area contributed by atoms with Crippen molar-refractivity contribution in [3.8, 4) is 11.5 Å². The van der Waals surface area contributed by atoms with E-state index in [-0.39, 0.29) is 11.4 Å². The number of hydrogen-bond acceptors (Lipinski definition) is 3. The van der Waals surface area contributed by atoms with E-state index < -0.39 is 22.8 Å². The largest absolute Gasteiger partial charge is 0.417 e. The van der Waals surface area contributed by atoms with Gasteiger partial charge in [0, 0.05) is 10.6 Å². The van der Waals surface area contributed by atoms with E-state index in [1.165, 1.54) is 12.1 Å². The van der Waals surface area contributed by atoms with Crippen LogP contribution < -0.4 is 5.63 Å². The Morgan fingerprint density at radius 3 is 2.36 bits per heavy atom. The second-order valence-corrected chi connectivity index (χ2v) is 4.95. The van der Waals surface area contributed by atoms with Gasteiger partial charge in [-0.05, 0) is 36.4 Å². The molecule has 3 nitrogen and oxygen atoms in total. The Kier molecular flexibility index (Phi) is 3.41. The van der Waals surface area contributed by atoms with Gasteiger partial charge in [0.15, 0.2) is 0 Å². The Morgan fingerprint density at radius 2 is 1.73 bits per heavy atom. The van der Waals surface area contributed by atoms with Crippen molar-refractivity contribution in [3.05, 3.63) is 63.5 Å². The Bertz CT molecular complexity index is 901. The lowest BCUT2D eigenvalue weighted by Crippen LogP contribution is -2.12. The maximum atomic E-state index is 12.9. The molecular weight excluding hydrogens is 319 g/mol. The minimum atomic E-state index is -4.66. The fourth-order valence-electron chi connectivity index (χ4n) is 2.07. The summed E-state index contributed by atoms with van der Waals surface area (Å²) in [6.45, 7) is 0. The van der Waals surface area contributed by atoms with Crippen molar-refractivity contribution in [2.45, 2.75) is 6.18 Å². The molecule has 7 heteroatoms. The number of hydrogen-bond donors (Lipinski definition) is 0. The minimum Gasteiger partial charge on any atom is -0.403 e. The zero-order chi connectivity index (χ0) is 15.9. The summed E-state index contributed by atoms with van der Waals surface area (Å²) in [6, 6.07) is 9.61. The molecule has 2 aromatic carbocycles. The summed E-state index contributed by atoms with van der Waals surface area (Å²) < 4.78 is 43.8. The Morgan fingerprint density at radius 1 is 1.05 bits per heavy atom. The first-order chi connectivity index (χ1) is 10.4. The van der Waals surface area contributed by atoms with Gasteiger partial charge in [0.1, 0.15) is 0 Å². The number of aromatic nitrogens is 1. The predicted molar refractivity (Wildman–Crippen MR) is 75.7 cm³/mol. The first kappa shape index (κ1) is 14.6. The molecule has 0 unspecified atom stereocenters. The third kappa shape index (κ3) is 2.57. The monoisotopic (exact) mass is 325 g/mol. The lowest BCUT2D eigenvalue weighted by atomic mass is 10.1. The molecule has 3 rings (SSSR count). The van der Waals surface area contributed by atoms with Crippen LogP contribution in [-0.2, 0) is 6.18 Å². The highest BCUT2D eigenvalue weighted by Gasteiger charge is 2.34. The van der Waals surface area contributed by atoms with Crippen LogP contribution in [0.3, 0.4) is 0 Å². The van der Waals surface area contributed by atoms with Gasteiger partial charge in [-0.3, -0.25) is 0 Å². The number of fused-ring (bicyclic) bond motifs is 1. The standard InChI is InChI=1S/C15H7ClF3NO2/c16-9-6-4-8(5-7-9)13-20-11-3-1-2-10(15(17,18)19)12(11)14(21)22-13/h1-7H. The molecule has 0 aliphatic rings. The quantitative estimate of drug-likeness (QED) is 0.660. The molecule has 22 heavy (non-hydrogen) atoms. The zero-order valence-electron chi connectivity index (χ0n) is 10.8. The molecule has 112 valence electrons. The normalized spacial score (nSPS) is 11.8. The zero-order valence-corrected chi connectivity index (χ0v) is 11.6. The molecule has 0 aliphatic heterocycles. The molecule has 0 bridgehead atoms. The summed E-state index contributed by atoms with van der Waals surface area (Å²) in [6.07, 6.45) is -4.66. The highest BCUT2D eigenvalue weighted by Crippen LogP contribution is 2.33. The number of alkyl halides is 3. The van der Waals surface area contributed by atoms with E-state index in [1.807, 2.05) is 0 Å². The van der Waals surface area contributed by atoms with Crippen molar-refractivity contribution in [1.82, 2.24) is 4.98 Å². The third-order valence-corrected chi connectivity index (χ3v) is 3.31. The number of halogens is 4. The Hall–Kier alpha value is -2.34. The van der Waals surface area contributed by atoms with Crippen molar-refractivity contribution in [3.63, 3.8) is 0 Å². The molecule has 0 N–H and O–H groups in total. The van der Waals surface area contributed by atoms with Crippen LogP contribution in [-0.4, -0.2) is 4.98 Å². The van der Waals surface area contributed by atoms with Gasteiger partial charge < -0.3 is 4.42 Å². The molecule has 0 saturated carbocycles. The van der Waals surface area contributed by atoms with Gasteiger partial charge in [0.25, 0.3) is 0 Å². The summed E-state index contributed by atoms with van der Waals surface area (Å²) in [5.41, 5.74) is -1.77. The summed E-state index contributed by atoms with van der Waals surface area (Å²) in [5.74, 6) is -0.0616. The summed E-state index contributed by atoms with van der Waals surface area (Å²) in [7, 11) is 0.